The number of carbonyl (C=O) groups is 1. The maximum Gasteiger partial charge on any atom is 0.310 e. The van der Waals surface area contributed by atoms with Gasteiger partial charge in [0.25, 0.3) is 6.43 Å². The van der Waals surface area contributed by atoms with Crippen LogP contribution in [0.5, 0.6) is 0 Å². The van der Waals surface area contributed by atoms with Crippen LogP contribution in [0.25, 0.3) is 0 Å². The van der Waals surface area contributed by atoms with E-state index >= 15 is 0 Å². The molecule has 2 unspecified atom stereocenters. The molecule has 1 saturated carbocycles. The Balaban J connectivity index is 2.32. The van der Waals surface area contributed by atoms with Crippen LogP contribution in [0.1, 0.15) is 23.5 Å². The quantitative estimate of drug-likeness (QED) is 0.847. The minimum atomic E-state index is -2.68. The maximum atomic E-state index is 12.5. The smallest absolute Gasteiger partial charge is 0.310 e. The van der Waals surface area contributed by atoms with E-state index in [0.717, 1.165) is 6.07 Å². The van der Waals surface area contributed by atoms with Gasteiger partial charge in [-0.2, -0.15) is 0 Å². The average molecular weight is 316 g/mol. The normalized spacial score (nSPS) is 25.2. The summed E-state index contributed by atoms with van der Waals surface area (Å²) >= 11 is 17.4. The van der Waals surface area contributed by atoms with Gasteiger partial charge in [0.1, 0.15) is 4.33 Å². The van der Waals surface area contributed by atoms with Crippen LogP contribution in [0.4, 0.5) is 8.78 Å². The van der Waals surface area contributed by atoms with E-state index in [0.29, 0.717) is 5.56 Å². The molecule has 2 nitrogen and oxygen atoms in total. The summed E-state index contributed by atoms with van der Waals surface area (Å²) < 4.78 is 23.6. The van der Waals surface area contributed by atoms with Crippen LogP contribution in [0, 0.1) is 5.92 Å². The molecule has 0 saturated heterocycles. The van der Waals surface area contributed by atoms with E-state index in [-0.39, 0.29) is 10.6 Å². The number of alkyl halides is 4. The van der Waals surface area contributed by atoms with Crippen LogP contribution in [-0.2, 0) is 4.79 Å². The molecule has 0 heterocycles. The van der Waals surface area contributed by atoms with Gasteiger partial charge in [0.2, 0.25) is 0 Å². The Kier molecular flexibility index (Phi) is 3.47. The number of halogens is 5. The van der Waals surface area contributed by atoms with Gasteiger partial charge >= 0.3 is 5.97 Å². The summed E-state index contributed by atoms with van der Waals surface area (Å²) in [7, 11) is 0. The predicted molar refractivity (Wildman–Crippen MR) is 64.7 cm³/mol. The van der Waals surface area contributed by atoms with Crippen LogP contribution in [0.15, 0.2) is 18.2 Å². The zero-order chi connectivity index (χ0) is 13.7. The molecule has 2 atom stereocenters. The Morgan fingerprint density at radius 3 is 2.39 bits per heavy atom. The summed E-state index contributed by atoms with van der Waals surface area (Å²) in [6, 6.07) is 3.82. The summed E-state index contributed by atoms with van der Waals surface area (Å²) in [6.07, 6.45) is -2.68. The molecular weight excluding hydrogens is 308 g/mol. The number of hydrogen-bond acceptors (Lipinski definition) is 1. The van der Waals surface area contributed by atoms with Gasteiger partial charge in [-0.3, -0.25) is 4.79 Å². The van der Waals surface area contributed by atoms with E-state index < -0.39 is 28.6 Å². The lowest BCUT2D eigenvalue weighted by molar-refractivity contribution is -0.138. The minimum absolute atomic E-state index is 0.123. The number of rotatable bonds is 3. The Labute approximate surface area is 116 Å². The van der Waals surface area contributed by atoms with Crippen molar-refractivity contribution >= 4 is 40.8 Å². The van der Waals surface area contributed by atoms with Gasteiger partial charge in [-0.15, -0.1) is 0 Å². The lowest BCUT2D eigenvalue weighted by atomic mass is 10.1. The van der Waals surface area contributed by atoms with Crippen LogP contribution in [0.2, 0.25) is 5.02 Å². The van der Waals surface area contributed by atoms with Crippen molar-refractivity contribution in [1.29, 1.82) is 0 Å². The zero-order valence-corrected chi connectivity index (χ0v) is 11.0. The first-order valence-electron chi connectivity index (χ1n) is 4.95. The van der Waals surface area contributed by atoms with Crippen molar-refractivity contribution in [3.8, 4) is 0 Å². The number of hydrogen-bond donors (Lipinski definition) is 1. The molecule has 2 rings (SSSR count). The highest BCUT2D eigenvalue weighted by Crippen LogP contribution is 2.65. The zero-order valence-electron chi connectivity index (χ0n) is 8.71. The van der Waals surface area contributed by atoms with Gasteiger partial charge in [-0.1, -0.05) is 46.9 Å². The first kappa shape index (κ1) is 13.8. The Morgan fingerprint density at radius 2 is 2.00 bits per heavy atom. The molecule has 7 heteroatoms. The van der Waals surface area contributed by atoms with Crippen molar-refractivity contribution in [1.82, 2.24) is 0 Å². The molecule has 0 radical (unpaired) electrons. The van der Waals surface area contributed by atoms with E-state index in [1.54, 1.807) is 0 Å². The van der Waals surface area contributed by atoms with Gasteiger partial charge in [-0.25, -0.2) is 8.78 Å². The van der Waals surface area contributed by atoms with E-state index in [1.807, 2.05) is 0 Å². The number of aliphatic carboxylic acids is 1. The van der Waals surface area contributed by atoms with Crippen molar-refractivity contribution < 1.29 is 18.7 Å². The minimum Gasteiger partial charge on any atom is -0.481 e. The molecule has 1 fully saturated rings. The van der Waals surface area contributed by atoms with E-state index in [4.69, 9.17) is 39.9 Å². The number of carboxylic acid groups (broad SMARTS) is 1. The van der Waals surface area contributed by atoms with Crippen molar-refractivity contribution in [2.45, 2.75) is 16.7 Å². The first-order chi connectivity index (χ1) is 8.26. The fourth-order valence-corrected chi connectivity index (χ4v) is 3.05. The van der Waals surface area contributed by atoms with Crippen molar-refractivity contribution in [2.24, 2.45) is 5.92 Å². The number of benzene rings is 1. The largest absolute Gasteiger partial charge is 0.481 e. The number of carboxylic acids is 1. The van der Waals surface area contributed by atoms with Gasteiger partial charge in [0.15, 0.2) is 0 Å². The van der Waals surface area contributed by atoms with Crippen LogP contribution >= 0.6 is 34.8 Å². The highest BCUT2D eigenvalue weighted by Gasteiger charge is 2.68. The van der Waals surface area contributed by atoms with Crippen LogP contribution in [0.3, 0.4) is 0 Å². The fourth-order valence-electron chi connectivity index (χ4n) is 1.96. The van der Waals surface area contributed by atoms with Gasteiger partial charge in [-0.05, 0) is 11.6 Å². The third kappa shape index (κ3) is 2.17. The Morgan fingerprint density at radius 1 is 1.39 bits per heavy atom. The van der Waals surface area contributed by atoms with Crippen molar-refractivity contribution in [3.05, 3.63) is 34.3 Å². The SMILES string of the molecule is O=C(O)C1C(c2ccc(C(F)F)c(Cl)c2)C1(Cl)Cl. The van der Waals surface area contributed by atoms with E-state index in [1.165, 1.54) is 12.1 Å². The molecule has 1 N–H and O–H groups in total. The first-order valence-corrected chi connectivity index (χ1v) is 6.08. The predicted octanol–water partition coefficient (Wildman–Crippen LogP) is 4.25. The highest BCUT2D eigenvalue weighted by molar-refractivity contribution is 6.53. The summed E-state index contributed by atoms with van der Waals surface area (Å²) in [5.74, 6) is -2.71. The Bertz CT molecular complexity index is 505. The maximum absolute atomic E-state index is 12.5. The molecule has 0 amide bonds. The van der Waals surface area contributed by atoms with Crippen molar-refractivity contribution in [2.75, 3.05) is 0 Å². The van der Waals surface area contributed by atoms with Crippen LogP contribution < -0.4 is 0 Å². The molecule has 1 aliphatic carbocycles. The fraction of sp³-hybridized carbons (Fsp3) is 0.364. The molecular formula is C11H7Cl3F2O2. The van der Waals surface area contributed by atoms with E-state index in [9.17, 15) is 13.6 Å². The second-order valence-electron chi connectivity index (χ2n) is 4.05. The third-order valence-corrected chi connectivity index (χ3v) is 4.21. The third-order valence-electron chi connectivity index (χ3n) is 2.94. The van der Waals surface area contributed by atoms with Gasteiger partial charge < -0.3 is 5.11 Å². The molecule has 0 aromatic heterocycles. The summed E-state index contributed by atoms with van der Waals surface area (Å²) in [4.78, 5) is 10.9. The highest BCUT2D eigenvalue weighted by atomic mass is 35.5. The second kappa shape index (κ2) is 4.51. The Hall–Kier alpha value is -0.580. The summed E-state index contributed by atoms with van der Waals surface area (Å²) in [5, 5.41) is 8.79. The summed E-state index contributed by atoms with van der Waals surface area (Å²) in [5.41, 5.74) is 0.143. The monoisotopic (exact) mass is 314 g/mol. The molecule has 1 aromatic rings. The molecule has 1 aromatic carbocycles. The standard InChI is InChI=1S/C11H7Cl3F2O2/c12-6-3-4(1-2-5(6)9(15)16)7-8(10(17)18)11(7,13)14/h1-3,7-9H,(H,17,18). The lowest BCUT2D eigenvalue weighted by Crippen LogP contribution is -2.03. The molecule has 18 heavy (non-hydrogen) atoms. The second-order valence-corrected chi connectivity index (χ2v) is 5.90. The van der Waals surface area contributed by atoms with Crippen molar-refractivity contribution in [3.63, 3.8) is 0 Å². The molecule has 1 aliphatic rings. The van der Waals surface area contributed by atoms with E-state index in [2.05, 4.69) is 0 Å². The average Bonchev–Trinajstić information content (AvgIpc) is 2.81. The van der Waals surface area contributed by atoms with Gasteiger partial charge in [0.05, 0.1) is 5.92 Å². The molecule has 0 spiro atoms. The molecule has 0 aliphatic heterocycles. The topological polar surface area (TPSA) is 37.3 Å². The van der Waals surface area contributed by atoms with Crippen LogP contribution in [-0.4, -0.2) is 15.4 Å². The molecule has 0 bridgehead atoms. The molecule has 98 valence electrons. The lowest BCUT2D eigenvalue weighted by Gasteiger charge is -2.06. The van der Waals surface area contributed by atoms with Gasteiger partial charge in [0, 0.05) is 16.5 Å². The summed E-state index contributed by atoms with van der Waals surface area (Å²) in [6.45, 7) is 0.